The lowest BCUT2D eigenvalue weighted by atomic mass is 10.2. The van der Waals surface area contributed by atoms with Crippen molar-refractivity contribution in [1.82, 2.24) is 4.98 Å². The van der Waals surface area contributed by atoms with Crippen LogP contribution in [0.3, 0.4) is 0 Å². The predicted octanol–water partition coefficient (Wildman–Crippen LogP) is 2.08. The second kappa shape index (κ2) is 6.33. The van der Waals surface area contributed by atoms with E-state index in [-0.39, 0.29) is 23.4 Å². The maximum Gasteiger partial charge on any atom is 0.233 e. The molecule has 7 heteroatoms. The molecule has 0 aliphatic carbocycles. The number of sulfonamides is 1. The molecule has 0 saturated heterocycles. The summed E-state index contributed by atoms with van der Waals surface area (Å²) in [5.41, 5.74) is 0.619. The van der Waals surface area contributed by atoms with Gasteiger partial charge < -0.3 is 0 Å². The monoisotopic (exact) mass is 305 g/mol. The Kier molecular flexibility index (Phi) is 4.50. The lowest BCUT2D eigenvalue weighted by molar-refractivity contribution is 0.600. The van der Waals surface area contributed by atoms with Crippen LogP contribution in [-0.2, 0) is 16.4 Å². The number of nitriles is 1. The molecule has 5 nitrogen and oxygen atoms in total. The van der Waals surface area contributed by atoms with Crippen molar-refractivity contribution in [3.05, 3.63) is 59.7 Å². The van der Waals surface area contributed by atoms with Crippen molar-refractivity contribution in [3.63, 3.8) is 0 Å². The number of halogens is 1. The summed E-state index contributed by atoms with van der Waals surface area (Å²) < 4.78 is 39.4. The van der Waals surface area contributed by atoms with Gasteiger partial charge in [-0.05, 0) is 30.3 Å². The average molecular weight is 305 g/mol. The highest BCUT2D eigenvalue weighted by molar-refractivity contribution is 7.92. The van der Waals surface area contributed by atoms with E-state index in [1.165, 1.54) is 6.07 Å². The van der Waals surface area contributed by atoms with E-state index in [9.17, 15) is 12.8 Å². The number of aromatic nitrogens is 1. The van der Waals surface area contributed by atoms with Gasteiger partial charge in [0.1, 0.15) is 11.9 Å². The average Bonchev–Trinajstić information content (AvgIpc) is 2.48. The molecule has 0 aliphatic heterocycles. The van der Waals surface area contributed by atoms with Crippen molar-refractivity contribution < 1.29 is 12.8 Å². The molecule has 0 unspecified atom stereocenters. The topological polar surface area (TPSA) is 82.9 Å². The van der Waals surface area contributed by atoms with Crippen molar-refractivity contribution in [1.29, 1.82) is 5.26 Å². The Balaban J connectivity index is 2.06. The third kappa shape index (κ3) is 4.26. The summed E-state index contributed by atoms with van der Waals surface area (Å²) in [5, 5.41) is 8.72. The third-order valence-corrected chi connectivity index (χ3v) is 4.00. The SMILES string of the molecule is N#Cc1cc(NS(=O)(=O)CCc2ccccn2)ccc1F. The van der Waals surface area contributed by atoms with Crippen LogP contribution in [0.4, 0.5) is 10.1 Å². The fourth-order valence-electron chi connectivity index (χ4n) is 1.69. The molecular formula is C14H12FN3O2S. The highest BCUT2D eigenvalue weighted by Gasteiger charge is 2.12. The fraction of sp³-hybridized carbons (Fsp3) is 0.143. The van der Waals surface area contributed by atoms with Gasteiger partial charge in [0, 0.05) is 24.0 Å². The molecule has 0 amide bonds. The summed E-state index contributed by atoms with van der Waals surface area (Å²) in [6, 6.07) is 10.4. The number of anilines is 1. The molecule has 2 aromatic rings. The largest absolute Gasteiger partial charge is 0.283 e. The number of hydrogen-bond acceptors (Lipinski definition) is 4. The van der Waals surface area contributed by atoms with E-state index >= 15 is 0 Å². The van der Waals surface area contributed by atoms with Crippen LogP contribution in [0.2, 0.25) is 0 Å². The second-order valence-corrected chi connectivity index (χ2v) is 6.14. The number of nitrogens with one attached hydrogen (secondary N) is 1. The highest BCUT2D eigenvalue weighted by atomic mass is 32.2. The van der Waals surface area contributed by atoms with E-state index < -0.39 is 15.8 Å². The Morgan fingerprint density at radius 2 is 2.10 bits per heavy atom. The molecule has 21 heavy (non-hydrogen) atoms. The van der Waals surface area contributed by atoms with Gasteiger partial charge in [-0.15, -0.1) is 0 Å². The number of hydrogen-bond donors (Lipinski definition) is 1. The van der Waals surface area contributed by atoms with E-state index in [1.54, 1.807) is 30.5 Å². The quantitative estimate of drug-likeness (QED) is 0.916. The smallest absolute Gasteiger partial charge is 0.233 e. The third-order valence-electron chi connectivity index (χ3n) is 2.71. The van der Waals surface area contributed by atoms with Gasteiger partial charge in [-0.3, -0.25) is 9.71 Å². The van der Waals surface area contributed by atoms with Crippen LogP contribution in [0, 0.1) is 17.1 Å². The maximum absolute atomic E-state index is 13.2. The number of rotatable bonds is 5. The van der Waals surface area contributed by atoms with Crippen LogP contribution in [0.5, 0.6) is 0 Å². The minimum Gasteiger partial charge on any atom is -0.283 e. The second-order valence-electron chi connectivity index (χ2n) is 4.30. The van der Waals surface area contributed by atoms with Crippen LogP contribution in [0.25, 0.3) is 0 Å². The normalized spacial score (nSPS) is 10.9. The van der Waals surface area contributed by atoms with Crippen LogP contribution >= 0.6 is 0 Å². The Labute approximate surface area is 122 Å². The predicted molar refractivity (Wildman–Crippen MR) is 76.5 cm³/mol. The lowest BCUT2D eigenvalue weighted by Crippen LogP contribution is -2.18. The summed E-state index contributed by atoms with van der Waals surface area (Å²) in [4.78, 5) is 4.04. The molecule has 1 N–H and O–H groups in total. The minimum absolute atomic E-state index is 0.150. The molecule has 0 saturated carbocycles. The number of pyridine rings is 1. The van der Waals surface area contributed by atoms with Crippen molar-refractivity contribution in [2.45, 2.75) is 6.42 Å². The molecule has 0 fully saturated rings. The summed E-state index contributed by atoms with van der Waals surface area (Å²) in [5.74, 6) is -0.836. The first-order valence-electron chi connectivity index (χ1n) is 6.10. The van der Waals surface area contributed by atoms with E-state index in [4.69, 9.17) is 5.26 Å². The van der Waals surface area contributed by atoms with Crippen molar-refractivity contribution in [3.8, 4) is 6.07 Å². The van der Waals surface area contributed by atoms with Crippen LogP contribution < -0.4 is 4.72 Å². The standard InChI is InChI=1S/C14H12FN3O2S/c15-14-5-4-13(9-11(14)10-16)18-21(19,20)8-6-12-3-1-2-7-17-12/h1-5,7,9,18H,6,8H2. The Morgan fingerprint density at radius 3 is 2.76 bits per heavy atom. The van der Waals surface area contributed by atoms with Crippen LogP contribution in [0.1, 0.15) is 11.3 Å². The lowest BCUT2D eigenvalue weighted by Gasteiger charge is -2.08. The van der Waals surface area contributed by atoms with E-state index in [0.29, 0.717) is 5.69 Å². The summed E-state index contributed by atoms with van der Waals surface area (Å²) in [7, 11) is -3.59. The first-order valence-corrected chi connectivity index (χ1v) is 7.75. The molecule has 108 valence electrons. The first-order chi connectivity index (χ1) is 10.00. The first kappa shape index (κ1) is 14.9. The summed E-state index contributed by atoms with van der Waals surface area (Å²) in [6.07, 6.45) is 1.86. The van der Waals surface area contributed by atoms with E-state index in [0.717, 1.165) is 12.1 Å². The molecule has 0 atom stereocenters. The molecule has 2 rings (SSSR count). The van der Waals surface area contributed by atoms with Gasteiger partial charge in [-0.1, -0.05) is 6.07 Å². The van der Waals surface area contributed by atoms with Crippen molar-refractivity contribution in [2.24, 2.45) is 0 Å². The van der Waals surface area contributed by atoms with Gasteiger partial charge in [0.15, 0.2) is 0 Å². The highest BCUT2D eigenvalue weighted by Crippen LogP contribution is 2.15. The molecule has 1 aromatic carbocycles. The van der Waals surface area contributed by atoms with Gasteiger partial charge >= 0.3 is 0 Å². The zero-order valence-corrected chi connectivity index (χ0v) is 11.8. The molecular weight excluding hydrogens is 293 g/mol. The van der Waals surface area contributed by atoms with Crippen LogP contribution in [0.15, 0.2) is 42.6 Å². The van der Waals surface area contributed by atoms with Gasteiger partial charge in [-0.25, -0.2) is 12.8 Å². The summed E-state index contributed by atoms with van der Waals surface area (Å²) >= 11 is 0. The van der Waals surface area contributed by atoms with Crippen LogP contribution in [-0.4, -0.2) is 19.2 Å². The van der Waals surface area contributed by atoms with Gasteiger partial charge in [0.25, 0.3) is 0 Å². The Hall–Kier alpha value is -2.46. The zero-order valence-electron chi connectivity index (χ0n) is 11.0. The van der Waals surface area contributed by atoms with E-state index in [1.807, 2.05) is 0 Å². The number of nitrogens with zero attached hydrogens (tertiary/aromatic N) is 2. The zero-order chi connectivity index (χ0) is 15.3. The molecule has 1 heterocycles. The van der Waals surface area contributed by atoms with Crippen molar-refractivity contribution >= 4 is 15.7 Å². The molecule has 0 radical (unpaired) electrons. The number of benzene rings is 1. The van der Waals surface area contributed by atoms with Gasteiger partial charge in [0.05, 0.1) is 11.3 Å². The molecule has 0 spiro atoms. The Bertz CT molecular complexity index is 771. The molecule has 0 bridgehead atoms. The van der Waals surface area contributed by atoms with Gasteiger partial charge in [-0.2, -0.15) is 5.26 Å². The minimum atomic E-state index is -3.59. The Morgan fingerprint density at radius 1 is 1.29 bits per heavy atom. The molecule has 1 aromatic heterocycles. The molecule has 0 aliphatic rings. The van der Waals surface area contributed by atoms with Crippen molar-refractivity contribution in [2.75, 3.05) is 10.5 Å². The van der Waals surface area contributed by atoms with Gasteiger partial charge in [0.2, 0.25) is 10.0 Å². The number of aryl methyl sites for hydroxylation is 1. The van der Waals surface area contributed by atoms with E-state index in [2.05, 4.69) is 9.71 Å². The summed E-state index contributed by atoms with van der Waals surface area (Å²) in [6.45, 7) is 0. The fourth-order valence-corrected chi connectivity index (χ4v) is 2.76. The maximum atomic E-state index is 13.2.